The van der Waals surface area contributed by atoms with Crippen molar-refractivity contribution in [1.82, 2.24) is 10.1 Å². The third-order valence-electron chi connectivity index (χ3n) is 4.95. The smallest absolute Gasteiger partial charge is 0.321 e. The second kappa shape index (κ2) is 9.38. The molecule has 0 aliphatic carbocycles. The van der Waals surface area contributed by atoms with E-state index in [9.17, 15) is 9.59 Å². The van der Waals surface area contributed by atoms with Crippen molar-refractivity contribution in [3.05, 3.63) is 24.0 Å². The molecule has 0 saturated carbocycles. The van der Waals surface area contributed by atoms with E-state index in [4.69, 9.17) is 18.7 Å². The number of ether oxygens (including phenoxy) is 3. The molecule has 2 heterocycles. The van der Waals surface area contributed by atoms with E-state index in [0.717, 1.165) is 0 Å². The first-order valence-electron chi connectivity index (χ1n) is 9.55. The predicted octanol–water partition coefficient (Wildman–Crippen LogP) is 2.89. The van der Waals surface area contributed by atoms with E-state index in [-0.39, 0.29) is 17.9 Å². The Morgan fingerprint density at radius 2 is 1.67 bits per heavy atom. The van der Waals surface area contributed by atoms with Gasteiger partial charge in [-0.05, 0) is 19.8 Å². The first kappa shape index (κ1) is 21.3. The Morgan fingerprint density at radius 1 is 1.03 bits per heavy atom. The standard InChI is InChI=1S/C20H26N4O6/c1-12-9-17(23-30-12)22-19(25)13-5-7-24(8-6-13)20(26)21-14-10-15(27-2)18(29-4)16(11-14)28-3/h9-11,13H,5-8H2,1-4H3,(H,21,26)(H,22,23,25). The highest BCUT2D eigenvalue weighted by Crippen LogP contribution is 2.40. The minimum Gasteiger partial charge on any atom is -0.493 e. The monoisotopic (exact) mass is 418 g/mol. The van der Waals surface area contributed by atoms with E-state index >= 15 is 0 Å². The molecule has 2 N–H and O–H groups in total. The SMILES string of the molecule is COc1cc(NC(=O)N2CCC(C(=O)Nc3cc(C)on3)CC2)cc(OC)c1OC. The number of aromatic nitrogens is 1. The van der Waals surface area contributed by atoms with E-state index in [1.54, 1.807) is 30.0 Å². The summed E-state index contributed by atoms with van der Waals surface area (Å²) >= 11 is 0. The van der Waals surface area contributed by atoms with Crippen molar-refractivity contribution in [2.45, 2.75) is 19.8 Å². The van der Waals surface area contributed by atoms with Crippen LogP contribution in [0.5, 0.6) is 17.2 Å². The van der Waals surface area contributed by atoms with Gasteiger partial charge in [0, 0.05) is 37.2 Å². The lowest BCUT2D eigenvalue weighted by Crippen LogP contribution is -2.43. The van der Waals surface area contributed by atoms with Crippen LogP contribution >= 0.6 is 0 Å². The molecule has 162 valence electrons. The zero-order chi connectivity index (χ0) is 21.7. The lowest BCUT2D eigenvalue weighted by atomic mass is 9.96. The largest absolute Gasteiger partial charge is 0.493 e. The van der Waals surface area contributed by atoms with Crippen molar-refractivity contribution in [1.29, 1.82) is 0 Å². The topological polar surface area (TPSA) is 115 Å². The van der Waals surface area contributed by atoms with Gasteiger partial charge in [-0.1, -0.05) is 5.16 Å². The summed E-state index contributed by atoms with van der Waals surface area (Å²) < 4.78 is 20.9. The Kier molecular flexibility index (Phi) is 6.65. The maximum Gasteiger partial charge on any atom is 0.321 e. The van der Waals surface area contributed by atoms with Crippen molar-refractivity contribution < 1.29 is 28.3 Å². The number of likely N-dealkylation sites (tertiary alicyclic amines) is 1. The van der Waals surface area contributed by atoms with Crippen molar-refractivity contribution in [3.63, 3.8) is 0 Å². The van der Waals surface area contributed by atoms with Crippen LogP contribution in [-0.4, -0.2) is 56.4 Å². The second-order valence-electron chi connectivity index (χ2n) is 6.92. The molecular weight excluding hydrogens is 392 g/mol. The number of rotatable bonds is 6. The van der Waals surface area contributed by atoms with Crippen LogP contribution in [0.25, 0.3) is 0 Å². The molecule has 10 heteroatoms. The molecule has 0 spiro atoms. The molecule has 0 bridgehead atoms. The molecule has 3 amide bonds. The van der Waals surface area contributed by atoms with Gasteiger partial charge in [-0.15, -0.1) is 0 Å². The lowest BCUT2D eigenvalue weighted by Gasteiger charge is -2.31. The van der Waals surface area contributed by atoms with Crippen LogP contribution in [0.2, 0.25) is 0 Å². The van der Waals surface area contributed by atoms with Gasteiger partial charge in [-0.25, -0.2) is 4.79 Å². The van der Waals surface area contributed by atoms with Gasteiger partial charge >= 0.3 is 6.03 Å². The molecule has 0 unspecified atom stereocenters. The molecule has 30 heavy (non-hydrogen) atoms. The van der Waals surface area contributed by atoms with Gasteiger partial charge in [0.05, 0.1) is 27.0 Å². The third-order valence-corrected chi connectivity index (χ3v) is 4.95. The summed E-state index contributed by atoms with van der Waals surface area (Å²) in [5, 5.41) is 9.37. The molecular formula is C20H26N4O6. The zero-order valence-electron chi connectivity index (χ0n) is 17.5. The molecule has 1 aromatic heterocycles. The normalized spacial score (nSPS) is 14.2. The van der Waals surface area contributed by atoms with Crippen molar-refractivity contribution >= 4 is 23.4 Å². The highest BCUT2D eigenvalue weighted by molar-refractivity contribution is 5.93. The van der Waals surface area contributed by atoms with Gasteiger partial charge in [-0.2, -0.15) is 0 Å². The minimum atomic E-state index is -0.254. The summed E-state index contributed by atoms with van der Waals surface area (Å²) in [4.78, 5) is 26.7. The number of urea groups is 1. The summed E-state index contributed by atoms with van der Waals surface area (Å²) in [6.07, 6.45) is 1.12. The summed E-state index contributed by atoms with van der Waals surface area (Å²) in [7, 11) is 4.54. The van der Waals surface area contributed by atoms with E-state index < -0.39 is 0 Å². The van der Waals surface area contributed by atoms with Crippen LogP contribution in [0.4, 0.5) is 16.3 Å². The van der Waals surface area contributed by atoms with Crippen LogP contribution < -0.4 is 24.8 Å². The first-order chi connectivity index (χ1) is 14.4. The average molecular weight is 418 g/mol. The van der Waals surface area contributed by atoms with Crippen molar-refractivity contribution in [2.75, 3.05) is 45.1 Å². The molecule has 0 atom stereocenters. The molecule has 10 nitrogen and oxygen atoms in total. The third kappa shape index (κ3) is 4.76. The number of nitrogens with zero attached hydrogens (tertiary/aromatic N) is 2. The molecule has 0 radical (unpaired) electrons. The van der Waals surface area contributed by atoms with Gasteiger partial charge in [0.1, 0.15) is 5.76 Å². The lowest BCUT2D eigenvalue weighted by molar-refractivity contribution is -0.121. The van der Waals surface area contributed by atoms with Crippen molar-refractivity contribution in [2.24, 2.45) is 5.92 Å². The molecule has 1 aliphatic rings. The highest BCUT2D eigenvalue weighted by atomic mass is 16.5. The second-order valence-corrected chi connectivity index (χ2v) is 6.92. The van der Waals surface area contributed by atoms with E-state index in [1.165, 1.54) is 21.3 Å². The van der Waals surface area contributed by atoms with Crippen LogP contribution in [0.15, 0.2) is 22.7 Å². The van der Waals surface area contributed by atoms with Gasteiger partial charge < -0.3 is 34.3 Å². The summed E-state index contributed by atoms with van der Waals surface area (Å²) in [6.45, 7) is 2.69. The van der Waals surface area contributed by atoms with Gasteiger partial charge in [-0.3, -0.25) is 4.79 Å². The van der Waals surface area contributed by atoms with Gasteiger partial charge in [0.15, 0.2) is 17.3 Å². The van der Waals surface area contributed by atoms with E-state index in [1.807, 2.05) is 0 Å². The number of anilines is 2. The number of hydrogen-bond acceptors (Lipinski definition) is 7. The number of carbonyl (C=O) groups is 2. The van der Waals surface area contributed by atoms with Crippen molar-refractivity contribution in [3.8, 4) is 17.2 Å². The highest BCUT2D eigenvalue weighted by Gasteiger charge is 2.28. The summed E-state index contributed by atoms with van der Waals surface area (Å²) in [5.41, 5.74) is 0.524. The Labute approximate surface area is 174 Å². The summed E-state index contributed by atoms with van der Waals surface area (Å²) in [5.74, 6) is 2.08. The van der Waals surface area contributed by atoms with Crippen LogP contribution in [0.3, 0.4) is 0 Å². The van der Waals surface area contributed by atoms with E-state index in [2.05, 4.69) is 15.8 Å². The molecule has 1 fully saturated rings. The number of methoxy groups -OCH3 is 3. The molecule has 2 aromatic rings. The van der Waals surface area contributed by atoms with Gasteiger partial charge in [0.2, 0.25) is 11.7 Å². The quantitative estimate of drug-likeness (QED) is 0.741. The number of aryl methyl sites for hydroxylation is 1. The Bertz CT molecular complexity index is 879. The maximum atomic E-state index is 12.7. The number of hydrogen-bond donors (Lipinski definition) is 2. The molecule has 3 rings (SSSR count). The molecule has 1 aromatic carbocycles. The van der Waals surface area contributed by atoms with Gasteiger partial charge in [0.25, 0.3) is 0 Å². The fourth-order valence-electron chi connectivity index (χ4n) is 3.35. The zero-order valence-corrected chi connectivity index (χ0v) is 17.5. The molecule has 1 aliphatic heterocycles. The maximum absolute atomic E-state index is 12.7. The summed E-state index contributed by atoms with van der Waals surface area (Å²) in [6, 6.07) is 4.74. The number of nitrogens with one attached hydrogen (secondary N) is 2. The van der Waals surface area contributed by atoms with Crippen LogP contribution in [-0.2, 0) is 4.79 Å². The number of benzene rings is 1. The Balaban J connectivity index is 1.57. The van der Waals surface area contributed by atoms with Crippen LogP contribution in [0, 0.1) is 12.8 Å². The number of amides is 3. The Hall–Kier alpha value is -3.43. The average Bonchev–Trinajstić information content (AvgIpc) is 3.17. The molecule has 1 saturated heterocycles. The number of carbonyl (C=O) groups excluding carboxylic acids is 2. The fourth-order valence-corrected chi connectivity index (χ4v) is 3.35. The predicted molar refractivity (Wildman–Crippen MR) is 109 cm³/mol. The first-order valence-corrected chi connectivity index (χ1v) is 9.55. The number of piperidine rings is 1. The fraction of sp³-hybridized carbons (Fsp3) is 0.450. The van der Waals surface area contributed by atoms with E-state index in [0.29, 0.717) is 60.4 Å². The minimum absolute atomic E-state index is 0.118. The van der Waals surface area contributed by atoms with Crippen LogP contribution in [0.1, 0.15) is 18.6 Å². The Morgan fingerprint density at radius 3 is 2.17 bits per heavy atom.